The van der Waals surface area contributed by atoms with Crippen molar-refractivity contribution in [3.8, 4) is 22.9 Å². The fraction of sp³-hybridized carbons (Fsp3) is 0.382. The number of carbonyl (C=O) groups is 2. The molecule has 0 N–H and O–H groups in total. The predicted molar refractivity (Wildman–Crippen MR) is 168 cm³/mol. The lowest BCUT2D eigenvalue weighted by molar-refractivity contribution is -0.133. The zero-order valence-electron chi connectivity index (χ0n) is 25.7. The first-order valence-electron chi connectivity index (χ1n) is 15.2. The van der Waals surface area contributed by atoms with E-state index < -0.39 is 0 Å². The van der Waals surface area contributed by atoms with Crippen LogP contribution in [0.4, 0.5) is 0 Å². The molecule has 3 heterocycles. The Bertz CT molecular complexity index is 1570. The molecular weight excluding hydrogens is 556 g/mol. The summed E-state index contributed by atoms with van der Waals surface area (Å²) in [5.41, 5.74) is 3.55. The van der Waals surface area contributed by atoms with Crippen LogP contribution in [-0.4, -0.2) is 80.5 Å². The number of aromatic nitrogens is 4. The first kappa shape index (κ1) is 30.7. The zero-order valence-corrected chi connectivity index (χ0v) is 25.7. The maximum absolute atomic E-state index is 13.5. The summed E-state index contributed by atoms with van der Waals surface area (Å²) in [6.07, 6.45) is 9.00. The number of fused-ring (bicyclic) bond motifs is 4. The molecule has 1 aliphatic rings. The Morgan fingerprint density at radius 1 is 0.864 bits per heavy atom. The van der Waals surface area contributed by atoms with E-state index in [-0.39, 0.29) is 18.4 Å². The quantitative estimate of drug-likeness (QED) is 0.331. The summed E-state index contributed by atoms with van der Waals surface area (Å²) in [4.78, 5) is 43.6. The summed E-state index contributed by atoms with van der Waals surface area (Å²) in [5, 5.41) is 0. The van der Waals surface area contributed by atoms with E-state index in [2.05, 4.69) is 19.5 Å². The summed E-state index contributed by atoms with van der Waals surface area (Å²) in [6, 6.07) is 13.7. The maximum atomic E-state index is 13.5. The number of carbonyl (C=O) groups excluding carboxylic acids is 2. The first-order chi connectivity index (χ1) is 21.4. The third kappa shape index (κ3) is 7.80. The standard InChI is InChI=1S/C34H40N6O4/c1-25-9-6-12-31(26(25)2)44-24-32(41)38-14-4-5-15-40(34(42)29-22-36-27(3)37-23-29)16-8-20-43-30-11-7-10-28(21-30)33-35-13-17-39(33)19-18-38/h6-7,9-13,17,21-23H,4-5,8,14-16,18-20,24H2,1-3H3. The van der Waals surface area contributed by atoms with Crippen LogP contribution in [-0.2, 0) is 11.3 Å². The van der Waals surface area contributed by atoms with Crippen molar-refractivity contribution in [2.75, 3.05) is 39.4 Å². The first-order valence-corrected chi connectivity index (χ1v) is 15.2. The molecule has 0 atom stereocenters. The van der Waals surface area contributed by atoms with Crippen molar-refractivity contribution >= 4 is 11.8 Å². The Morgan fingerprint density at radius 2 is 1.61 bits per heavy atom. The molecule has 2 bridgehead atoms. The fourth-order valence-electron chi connectivity index (χ4n) is 5.23. The largest absolute Gasteiger partial charge is 0.494 e. The summed E-state index contributed by atoms with van der Waals surface area (Å²) >= 11 is 0. The van der Waals surface area contributed by atoms with Crippen LogP contribution in [0.5, 0.6) is 11.5 Å². The third-order valence-electron chi connectivity index (χ3n) is 7.94. The number of imidazole rings is 1. The van der Waals surface area contributed by atoms with E-state index in [0.29, 0.717) is 57.1 Å². The van der Waals surface area contributed by atoms with Gasteiger partial charge in [0.05, 0.1) is 12.2 Å². The van der Waals surface area contributed by atoms with Crippen molar-refractivity contribution in [1.29, 1.82) is 0 Å². The molecule has 0 aliphatic carbocycles. The molecule has 0 radical (unpaired) electrons. The minimum Gasteiger partial charge on any atom is -0.494 e. The van der Waals surface area contributed by atoms with E-state index in [1.54, 1.807) is 25.5 Å². The Balaban J connectivity index is 1.34. The second-order valence-corrected chi connectivity index (χ2v) is 11.1. The van der Waals surface area contributed by atoms with E-state index in [1.807, 2.05) is 72.3 Å². The SMILES string of the molecule is Cc1ncc(C(=O)N2CCCCN(C(=O)COc3cccc(C)c3C)CCn3ccnc3-c3cccc(c3)OCCC2)cn1. The number of nitrogens with zero attached hydrogens (tertiary/aromatic N) is 6. The number of rotatable bonds is 4. The van der Waals surface area contributed by atoms with Gasteiger partial charge in [0.2, 0.25) is 0 Å². The molecule has 0 saturated heterocycles. The van der Waals surface area contributed by atoms with Crippen molar-refractivity contribution in [2.24, 2.45) is 0 Å². The summed E-state index contributed by atoms with van der Waals surface area (Å²) in [5.74, 6) is 2.71. The third-order valence-corrected chi connectivity index (χ3v) is 7.94. The zero-order chi connectivity index (χ0) is 30.9. The topological polar surface area (TPSA) is 103 Å². The van der Waals surface area contributed by atoms with E-state index in [9.17, 15) is 9.59 Å². The van der Waals surface area contributed by atoms with E-state index >= 15 is 0 Å². The molecule has 10 nitrogen and oxygen atoms in total. The molecule has 2 amide bonds. The van der Waals surface area contributed by atoms with Crippen LogP contribution in [0.15, 0.2) is 67.3 Å². The van der Waals surface area contributed by atoms with Crippen LogP contribution in [0, 0.1) is 20.8 Å². The van der Waals surface area contributed by atoms with Gasteiger partial charge in [0.15, 0.2) is 6.61 Å². The van der Waals surface area contributed by atoms with Gasteiger partial charge >= 0.3 is 0 Å². The molecule has 5 rings (SSSR count). The van der Waals surface area contributed by atoms with Crippen molar-refractivity contribution in [3.63, 3.8) is 0 Å². The highest BCUT2D eigenvalue weighted by Crippen LogP contribution is 2.24. The van der Waals surface area contributed by atoms with Gasteiger partial charge in [-0.1, -0.05) is 24.3 Å². The Labute approximate surface area is 258 Å². The molecule has 2 aromatic carbocycles. The van der Waals surface area contributed by atoms with Gasteiger partial charge in [-0.05, 0) is 69.4 Å². The van der Waals surface area contributed by atoms with Gasteiger partial charge in [0, 0.05) is 63.1 Å². The molecule has 10 heteroatoms. The molecule has 44 heavy (non-hydrogen) atoms. The van der Waals surface area contributed by atoms with Gasteiger partial charge in [-0.15, -0.1) is 0 Å². The lowest BCUT2D eigenvalue weighted by Crippen LogP contribution is -2.39. The van der Waals surface area contributed by atoms with E-state index in [0.717, 1.165) is 46.9 Å². The van der Waals surface area contributed by atoms with E-state index in [4.69, 9.17) is 9.47 Å². The molecule has 0 spiro atoms. The highest BCUT2D eigenvalue weighted by molar-refractivity contribution is 5.93. The van der Waals surface area contributed by atoms with Crippen LogP contribution in [0.2, 0.25) is 0 Å². The van der Waals surface area contributed by atoms with Gasteiger partial charge < -0.3 is 23.8 Å². The van der Waals surface area contributed by atoms with Crippen molar-refractivity contribution in [3.05, 3.63) is 89.8 Å². The highest BCUT2D eigenvalue weighted by Gasteiger charge is 2.19. The molecule has 2 aromatic heterocycles. The maximum Gasteiger partial charge on any atom is 0.260 e. The highest BCUT2D eigenvalue weighted by atomic mass is 16.5. The molecule has 0 unspecified atom stereocenters. The Kier molecular flexibility index (Phi) is 10.2. The van der Waals surface area contributed by atoms with Gasteiger partial charge in [0.25, 0.3) is 11.8 Å². The van der Waals surface area contributed by atoms with Crippen LogP contribution < -0.4 is 9.47 Å². The van der Waals surface area contributed by atoms with Crippen molar-refractivity contribution < 1.29 is 19.1 Å². The summed E-state index contributed by atoms with van der Waals surface area (Å²) in [6.45, 7) is 8.95. The van der Waals surface area contributed by atoms with Gasteiger partial charge in [-0.25, -0.2) is 15.0 Å². The molecule has 1 aliphatic heterocycles. The lowest BCUT2D eigenvalue weighted by atomic mass is 10.1. The Morgan fingerprint density at radius 3 is 2.43 bits per heavy atom. The van der Waals surface area contributed by atoms with Crippen molar-refractivity contribution in [1.82, 2.24) is 29.3 Å². The smallest absolute Gasteiger partial charge is 0.260 e. The van der Waals surface area contributed by atoms with Crippen LogP contribution in [0.1, 0.15) is 46.6 Å². The normalized spacial score (nSPS) is 14.7. The Hall–Kier alpha value is -4.73. The summed E-state index contributed by atoms with van der Waals surface area (Å²) in [7, 11) is 0. The number of amides is 2. The molecule has 4 aromatic rings. The second-order valence-electron chi connectivity index (χ2n) is 11.1. The molecule has 230 valence electrons. The molecule has 0 fully saturated rings. The van der Waals surface area contributed by atoms with Crippen LogP contribution in [0.25, 0.3) is 11.4 Å². The van der Waals surface area contributed by atoms with Crippen LogP contribution in [0.3, 0.4) is 0 Å². The fourth-order valence-corrected chi connectivity index (χ4v) is 5.23. The van der Waals surface area contributed by atoms with Gasteiger partial charge in [0.1, 0.15) is 23.1 Å². The second kappa shape index (κ2) is 14.6. The average molecular weight is 597 g/mol. The van der Waals surface area contributed by atoms with Gasteiger partial charge in [-0.3, -0.25) is 9.59 Å². The summed E-state index contributed by atoms with van der Waals surface area (Å²) < 4.78 is 14.1. The number of ether oxygens (including phenoxy) is 2. The number of hydrogen-bond acceptors (Lipinski definition) is 7. The predicted octanol–water partition coefficient (Wildman–Crippen LogP) is 4.88. The minimum absolute atomic E-state index is 0.0432. The lowest BCUT2D eigenvalue weighted by Gasteiger charge is -2.25. The van der Waals surface area contributed by atoms with E-state index in [1.165, 1.54) is 0 Å². The number of hydrogen-bond donors (Lipinski definition) is 0. The monoisotopic (exact) mass is 596 g/mol. The van der Waals surface area contributed by atoms with Crippen LogP contribution >= 0.6 is 0 Å². The number of benzene rings is 2. The van der Waals surface area contributed by atoms with Crippen molar-refractivity contribution in [2.45, 2.75) is 46.6 Å². The van der Waals surface area contributed by atoms with Gasteiger partial charge in [-0.2, -0.15) is 0 Å². The minimum atomic E-state index is -0.106. The average Bonchev–Trinajstić information content (AvgIpc) is 3.51. The number of aryl methyl sites for hydroxylation is 2. The molecule has 0 saturated carbocycles. The molecular formula is C34H40N6O4.